The van der Waals surface area contributed by atoms with Crippen LogP contribution in [0.5, 0.6) is 34.5 Å². The lowest BCUT2D eigenvalue weighted by Crippen LogP contribution is -2.05. The van der Waals surface area contributed by atoms with E-state index < -0.39 is 23.1 Å². The van der Waals surface area contributed by atoms with E-state index in [0.29, 0.717) is 22.4 Å². The first-order chi connectivity index (χ1) is 20.6. The Bertz CT molecular complexity index is 1950. The minimum atomic E-state index is -1.11. The number of benzene rings is 4. The third-order valence-electron chi connectivity index (χ3n) is 6.07. The average Bonchev–Trinajstić information content (AvgIpc) is 2.97. The van der Waals surface area contributed by atoms with Crippen LogP contribution in [0.4, 0.5) is 0 Å². The van der Waals surface area contributed by atoms with Crippen LogP contribution < -0.4 is 14.9 Å². The molecular weight excluding hydrogens is 556 g/mol. The molecular formula is C33H22O10. The monoisotopic (exact) mass is 578 g/mol. The van der Waals surface area contributed by atoms with Gasteiger partial charge in [0.05, 0.1) is 0 Å². The van der Waals surface area contributed by atoms with Crippen molar-refractivity contribution in [3.05, 3.63) is 118 Å². The van der Waals surface area contributed by atoms with Gasteiger partial charge in [0, 0.05) is 35.9 Å². The van der Waals surface area contributed by atoms with E-state index in [1.807, 2.05) is 0 Å². The topological polar surface area (TPSA) is 164 Å². The summed E-state index contributed by atoms with van der Waals surface area (Å²) < 4.78 is 16.9. The summed E-state index contributed by atoms with van der Waals surface area (Å²) in [6.07, 6.45) is 4.95. The molecule has 0 amide bonds. The molecule has 0 spiro atoms. The zero-order valence-electron chi connectivity index (χ0n) is 22.1. The number of aliphatic carboxylic acids is 1. The molecule has 10 nitrogen and oxygen atoms in total. The average molecular weight is 579 g/mol. The van der Waals surface area contributed by atoms with E-state index >= 15 is 0 Å². The number of rotatable bonds is 8. The van der Waals surface area contributed by atoms with Crippen molar-refractivity contribution >= 4 is 35.1 Å². The van der Waals surface area contributed by atoms with Gasteiger partial charge in [-0.25, -0.2) is 9.59 Å². The molecule has 0 aliphatic rings. The minimum Gasteiger partial charge on any atom is -0.508 e. The van der Waals surface area contributed by atoms with Gasteiger partial charge in [-0.1, -0.05) is 18.2 Å². The van der Waals surface area contributed by atoms with Gasteiger partial charge in [0.15, 0.2) is 16.9 Å². The molecule has 10 heteroatoms. The Morgan fingerprint density at radius 3 is 2.12 bits per heavy atom. The molecule has 214 valence electrons. The third kappa shape index (κ3) is 6.90. The Labute approximate surface area is 243 Å². The number of carbonyl (C=O) groups excluding carboxylic acids is 1. The number of hydrogen-bond donors (Lipinski definition) is 4. The maximum absolute atomic E-state index is 12.8. The number of ether oxygens (including phenoxy) is 2. The first-order valence-electron chi connectivity index (χ1n) is 12.7. The molecule has 1 aromatic heterocycles. The number of phenols is 3. The van der Waals surface area contributed by atoms with Gasteiger partial charge in [-0.05, 0) is 71.8 Å². The second-order valence-electron chi connectivity index (χ2n) is 9.16. The highest BCUT2D eigenvalue weighted by molar-refractivity contribution is 5.91. The summed E-state index contributed by atoms with van der Waals surface area (Å²) in [5, 5.41) is 38.7. The molecule has 0 saturated carbocycles. The molecule has 5 aromatic rings. The summed E-state index contributed by atoms with van der Waals surface area (Å²) in [6.45, 7) is 0. The standard InChI is InChI=1S/C33H22O10/c34-22-8-1-19(2-9-22)5-14-32(40)42-24-16-26(36)33-27(37)18-29(43-30(33)17-24)21-6-10-23(11-7-21)41-28-12-3-20(15-25(28)35)4-13-31(38)39/h1-18,34-36H,(H,38,39)/b13-4+,14-5+. The molecule has 4 N–H and O–H groups in total. The van der Waals surface area contributed by atoms with E-state index in [-0.39, 0.29) is 39.7 Å². The van der Waals surface area contributed by atoms with Crippen molar-refractivity contribution in [2.24, 2.45) is 0 Å². The van der Waals surface area contributed by atoms with E-state index in [0.717, 1.165) is 12.1 Å². The number of carboxylic acid groups (broad SMARTS) is 1. The third-order valence-corrected chi connectivity index (χ3v) is 6.07. The summed E-state index contributed by atoms with van der Waals surface area (Å²) >= 11 is 0. The Morgan fingerprint density at radius 2 is 1.42 bits per heavy atom. The van der Waals surface area contributed by atoms with Crippen LogP contribution in [0.15, 0.2) is 106 Å². The quantitative estimate of drug-likeness (QED) is 0.0963. The Balaban J connectivity index is 1.34. The van der Waals surface area contributed by atoms with Crippen LogP contribution in [0.25, 0.3) is 34.4 Å². The van der Waals surface area contributed by atoms with Gasteiger partial charge in [-0.2, -0.15) is 0 Å². The van der Waals surface area contributed by atoms with Crippen molar-refractivity contribution in [3.63, 3.8) is 0 Å². The van der Waals surface area contributed by atoms with Crippen LogP contribution in [0.2, 0.25) is 0 Å². The zero-order chi connectivity index (χ0) is 30.5. The summed E-state index contributed by atoms with van der Waals surface area (Å²) in [4.78, 5) is 35.8. The second-order valence-corrected chi connectivity index (χ2v) is 9.16. The molecule has 5 rings (SSSR count). The fourth-order valence-electron chi connectivity index (χ4n) is 4.05. The molecule has 0 bridgehead atoms. The van der Waals surface area contributed by atoms with Crippen LogP contribution in [0.1, 0.15) is 11.1 Å². The van der Waals surface area contributed by atoms with E-state index in [1.54, 1.807) is 42.5 Å². The fourth-order valence-corrected chi connectivity index (χ4v) is 4.05. The van der Waals surface area contributed by atoms with E-state index in [2.05, 4.69) is 0 Å². The van der Waals surface area contributed by atoms with Crippen molar-refractivity contribution in [2.75, 3.05) is 0 Å². The van der Waals surface area contributed by atoms with Crippen LogP contribution in [-0.2, 0) is 9.59 Å². The summed E-state index contributed by atoms with van der Waals surface area (Å²) in [5.41, 5.74) is 1.12. The van der Waals surface area contributed by atoms with Crippen LogP contribution in [-0.4, -0.2) is 32.4 Å². The van der Waals surface area contributed by atoms with Crippen molar-refractivity contribution in [1.82, 2.24) is 0 Å². The Hall–Kier alpha value is -6.29. The maximum Gasteiger partial charge on any atom is 0.336 e. The van der Waals surface area contributed by atoms with Crippen molar-refractivity contribution < 1.29 is 43.9 Å². The van der Waals surface area contributed by atoms with E-state index in [1.165, 1.54) is 54.6 Å². The molecule has 4 aromatic carbocycles. The number of aromatic hydroxyl groups is 3. The normalized spacial score (nSPS) is 11.3. The van der Waals surface area contributed by atoms with Crippen LogP contribution in [0, 0.1) is 0 Å². The lowest BCUT2D eigenvalue weighted by molar-refractivity contribution is -0.131. The van der Waals surface area contributed by atoms with Crippen LogP contribution in [0.3, 0.4) is 0 Å². The van der Waals surface area contributed by atoms with Crippen LogP contribution >= 0.6 is 0 Å². The SMILES string of the molecule is O=C(O)/C=C/c1ccc(Oc2ccc(-c3cc(=O)c4c(O)cc(OC(=O)/C=C/c5ccc(O)cc5)cc4o3)cc2)c(O)c1. The first kappa shape index (κ1) is 28.2. The fraction of sp³-hybridized carbons (Fsp3) is 0. The Kier molecular flexibility index (Phi) is 7.93. The molecule has 0 aliphatic carbocycles. The summed E-state index contributed by atoms with van der Waals surface area (Å²) in [7, 11) is 0. The van der Waals surface area contributed by atoms with Crippen molar-refractivity contribution in [1.29, 1.82) is 0 Å². The molecule has 0 fully saturated rings. The van der Waals surface area contributed by atoms with Gasteiger partial charge >= 0.3 is 11.9 Å². The number of hydrogen-bond acceptors (Lipinski definition) is 9. The molecule has 0 atom stereocenters. The highest BCUT2D eigenvalue weighted by atomic mass is 16.5. The summed E-state index contributed by atoms with van der Waals surface area (Å²) in [5.74, 6) is -1.73. The van der Waals surface area contributed by atoms with Gasteiger partial charge in [0.1, 0.15) is 39.7 Å². The molecule has 0 saturated heterocycles. The molecule has 1 heterocycles. The Morgan fingerprint density at radius 1 is 0.721 bits per heavy atom. The van der Waals surface area contributed by atoms with Crippen molar-refractivity contribution in [3.8, 4) is 45.8 Å². The van der Waals surface area contributed by atoms with Gasteiger partial charge in [0.2, 0.25) is 0 Å². The molecule has 43 heavy (non-hydrogen) atoms. The smallest absolute Gasteiger partial charge is 0.336 e. The van der Waals surface area contributed by atoms with Gasteiger partial charge in [-0.3, -0.25) is 4.79 Å². The summed E-state index contributed by atoms with van der Waals surface area (Å²) in [6, 6.07) is 20.7. The number of fused-ring (bicyclic) bond motifs is 1. The van der Waals surface area contributed by atoms with E-state index in [9.17, 15) is 29.7 Å². The maximum atomic E-state index is 12.8. The predicted octanol–water partition coefficient (Wildman–Crippen LogP) is 6.09. The van der Waals surface area contributed by atoms with Crippen molar-refractivity contribution in [2.45, 2.75) is 0 Å². The lowest BCUT2D eigenvalue weighted by atomic mass is 10.1. The molecule has 0 radical (unpaired) electrons. The zero-order valence-corrected chi connectivity index (χ0v) is 22.1. The number of esters is 1. The number of carbonyl (C=O) groups is 2. The second kappa shape index (κ2) is 12.1. The van der Waals surface area contributed by atoms with E-state index in [4.69, 9.17) is 19.0 Å². The van der Waals surface area contributed by atoms with Gasteiger partial charge < -0.3 is 34.3 Å². The highest BCUT2D eigenvalue weighted by Crippen LogP contribution is 2.34. The largest absolute Gasteiger partial charge is 0.508 e. The lowest BCUT2D eigenvalue weighted by Gasteiger charge is -2.10. The number of phenolic OH excluding ortho intramolecular Hbond substituents is 3. The van der Waals surface area contributed by atoms with Gasteiger partial charge in [-0.15, -0.1) is 0 Å². The first-order valence-corrected chi connectivity index (χ1v) is 12.7. The highest BCUT2D eigenvalue weighted by Gasteiger charge is 2.15. The minimum absolute atomic E-state index is 0.00454. The molecule has 0 aliphatic heterocycles. The predicted molar refractivity (Wildman–Crippen MR) is 157 cm³/mol. The molecule has 0 unspecified atom stereocenters. The van der Waals surface area contributed by atoms with Gasteiger partial charge in [0.25, 0.3) is 0 Å². The number of carboxylic acids is 1.